The number of alkyl halides is 1. The van der Waals surface area contributed by atoms with Gasteiger partial charge >= 0.3 is 11.9 Å². The monoisotopic (exact) mass is 232 g/mol. The number of carboxylic acids is 2. The van der Waals surface area contributed by atoms with Crippen LogP contribution >= 0.6 is 11.6 Å². The normalized spacial score (nSPS) is 40.1. The molecule has 0 aromatic heterocycles. The van der Waals surface area contributed by atoms with Gasteiger partial charge in [0, 0.05) is 0 Å². The molecule has 0 saturated heterocycles. The van der Waals surface area contributed by atoms with Gasteiger partial charge in [0.1, 0.15) is 5.41 Å². The molecule has 0 aliphatic heterocycles. The average Bonchev–Trinajstić information content (AvgIpc) is 2.13. The van der Waals surface area contributed by atoms with Crippen molar-refractivity contribution in [1.29, 1.82) is 0 Å². The number of aliphatic carboxylic acids is 2. The molecule has 1 aliphatic rings. The number of hydrogen-bond donors (Lipinski definition) is 2. The molecule has 0 amide bonds. The van der Waals surface area contributed by atoms with Crippen LogP contribution in [-0.2, 0) is 9.59 Å². The van der Waals surface area contributed by atoms with E-state index >= 15 is 0 Å². The predicted molar refractivity (Wildman–Crippen MR) is 54.9 cm³/mol. The molecule has 1 aliphatic carbocycles. The maximum Gasteiger partial charge on any atom is 0.314 e. The molecule has 0 fully saturated rings. The van der Waals surface area contributed by atoms with Gasteiger partial charge in [-0.05, 0) is 20.3 Å². The van der Waals surface area contributed by atoms with Gasteiger partial charge < -0.3 is 10.2 Å². The lowest BCUT2D eigenvalue weighted by Crippen LogP contribution is -2.50. The van der Waals surface area contributed by atoms with Crippen molar-refractivity contribution in [2.24, 2.45) is 10.8 Å². The second kappa shape index (κ2) is 3.52. The molecule has 0 spiro atoms. The molecule has 0 saturated carbocycles. The van der Waals surface area contributed by atoms with E-state index in [0.29, 0.717) is 0 Å². The van der Waals surface area contributed by atoms with Gasteiger partial charge in [-0.15, -0.1) is 11.6 Å². The van der Waals surface area contributed by atoms with Gasteiger partial charge in [-0.3, -0.25) is 9.59 Å². The summed E-state index contributed by atoms with van der Waals surface area (Å²) in [4.78, 5) is 22.2. The first-order valence-corrected chi connectivity index (χ1v) is 4.97. The zero-order valence-electron chi connectivity index (χ0n) is 8.53. The van der Waals surface area contributed by atoms with Gasteiger partial charge in [0.15, 0.2) is 0 Å². The number of allylic oxidation sites excluding steroid dienone is 1. The highest BCUT2D eigenvalue weighted by Gasteiger charge is 2.54. The molecule has 15 heavy (non-hydrogen) atoms. The van der Waals surface area contributed by atoms with E-state index in [1.165, 1.54) is 19.9 Å². The standard InChI is InChI=1S/C10H13ClO4/c1-9(7(12)13)4-3-5-10(2,6(9)11)8(14)15/h3-4,6H,5H2,1-2H3,(H,12,13)(H,14,15). The van der Waals surface area contributed by atoms with E-state index in [0.717, 1.165) is 0 Å². The Balaban J connectivity index is 3.20. The third-order valence-corrected chi connectivity index (χ3v) is 3.98. The highest BCUT2D eigenvalue weighted by Crippen LogP contribution is 2.46. The first-order chi connectivity index (χ1) is 6.75. The van der Waals surface area contributed by atoms with Crippen LogP contribution in [0.3, 0.4) is 0 Å². The van der Waals surface area contributed by atoms with Gasteiger partial charge in [0.2, 0.25) is 0 Å². The number of carbonyl (C=O) groups is 2. The van der Waals surface area contributed by atoms with Crippen LogP contribution in [-0.4, -0.2) is 27.5 Å². The third kappa shape index (κ3) is 1.63. The van der Waals surface area contributed by atoms with Gasteiger partial charge in [0.05, 0.1) is 10.8 Å². The van der Waals surface area contributed by atoms with Gasteiger partial charge in [0.25, 0.3) is 0 Å². The Kier molecular flexibility index (Phi) is 2.83. The lowest BCUT2D eigenvalue weighted by atomic mass is 9.67. The number of rotatable bonds is 2. The summed E-state index contributed by atoms with van der Waals surface area (Å²) in [6.45, 7) is 2.90. The summed E-state index contributed by atoms with van der Waals surface area (Å²) in [5, 5.41) is 17.2. The first kappa shape index (κ1) is 12.0. The highest BCUT2D eigenvalue weighted by atomic mass is 35.5. The highest BCUT2D eigenvalue weighted by molar-refractivity contribution is 6.24. The van der Waals surface area contributed by atoms with Crippen molar-refractivity contribution in [3.05, 3.63) is 12.2 Å². The van der Waals surface area contributed by atoms with Gasteiger partial charge in [-0.1, -0.05) is 12.2 Å². The summed E-state index contributed by atoms with van der Waals surface area (Å²) in [5.74, 6) is -2.18. The zero-order chi connectivity index (χ0) is 11.9. The van der Waals surface area contributed by atoms with Crippen LogP contribution < -0.4 is 0 Å². The smallest absolute Gasteiger partial charge is 0.314 e. The molecule has 0 aromatic rings. The van der Waals surface area contributed by atoms with Crippen LogP contribution in [0, 0.1) is 10.8 Å². The second-order valence-electron chi connectivity index (χ2n) is 4.28. The Morgan fingerprint density at radius 1 is 1.33 bits per heavy atom. The minimum Gasteiger partial charge on any atom is -0.481 e. The van der Waals surface area contributed by atoms with Crippen LogP contribution in [0.2, 0.25) is 0 Å². The van der Waals surface area contributed by atoms with Crippen LogP contribution in [0.1, 0.15) is 20.3 Å². The summed E-state index contributed by atoms with van der Waals surface area (Å²) < 4.78 is 0. The van der Waals surface area contributed by atoms with Gasteiger partial charge in [-0.25, -0.2) is 0 Å². The van der Waals surface area contributed by atoms with Crippen LogP contribution in [0.4, 0.5) is 0 Å². The van der Waals surface area contributed by atoms with Crippen molar-refractivity contribution < 1.29 is 19.8 Å². The maximum atomic E-state index is 11.1. The van der Waals surface area contributed by atoms with E-state index in [2.05, 4.69) is 0 Å². The molecular weight excluding hydrogens is 220 g/mol. The number of halogens is 1. The van der Waals surface area contributed by atoms with E-state index in [4.69, 9.17) is 21.8 Å². The van der Waals surface area contributed by atoms with Crippen LogP contribution in [0.15, 0.2) is 12.2 Å². The minimum atomic E-state index is -1.33. The molecule has 1 rings (SSSR count). The fourth-order valence-electron chi connectivity index (χ4n) is 1.77. The largest absolute Gasteiger partial charge is 0.481 e. The fourth-order valence-corrected chi connectivity index (χ4v) is 2.12. The SMILES string of the molecule is CC1(C(=O)O)C=CCC(C)(C(=O)O)C1Cl. The Hall–Kier alpha value is -1.03. The Morgan fingerprint density at radius 2 is 1.87 bits per heavy atom. The Labute approximate surface area is 92.5 Å². The molecule has 0 bridgehead atoms. The summed E-state index contributed by atoms with van der Waals surface area (Å²) >= 11 is 6.01. The maximum absolute atomic E-state index is 11.1. The predicted octanol–water partition coefficient (Wildman–Crippen LogP) is 1.74. The average molecular weight is 233 g/mol. The second-order valence-corrected chi connectivity index (χ2v) is 4.72. The number of carboxylic acid groups (broad SMARTS) is 2. The summed E-state index contributed by atoms with van der Waals surface area (Å²) in [5.41, 5.74) is -2.56. The first-order valence-electron chi connectivity index (χ1n) is 4.53. The third-order valence-electron chi connectivity index (χ3n) is 3.04. The Morgan fingerprint density at radius 3 is 2.27 bits per heavy atom. The zero-order valence-corrected chi connectivity index (χ0v) is 9.28. The van der Waals surface area contributed by atoms with Crippen molar-refractivity contribution in [2.75, 3.05) is 0 Å². The molecule has 84 valence electrons. The summed E-state index contributed by atoms with van der Waals surface area (Å²) in [7, 11) is 0. The summed E-state index contributed by atoms with van der Waals surface area (Å²) in [6, 6.07) is 0. The van der Waals surface area contributed by atoms with Crippen molar-refractivity contribution in [2.45, 2.75) is 25.6 Å². The van der Waals surface area contributed by atoms with Crippen molar-refractivity contribution in [3.8, 4) is 0 Å². The van der Waals surface area contributed by atoms with E-state index in [-0.39, 0.29) is 6.42 Å². The van der Waals surface area contributed by atoms with Gasteiger partial charge in [-0.2, -0.15) is 0 Å². The Bertz CT molecular complexity index is 338. The molecular formula is C10H13ClO4. The molecule has 0 radical (unpaired) electrons. The minimum absolute atomic E-state index is 0.249. The van der Waals surface area contributed by atoms with Crippen molar-refractivity contribution in [1.82, 2.24) is 0 Å². The van der Waals surface area contributed by atoms with Crippen molar-refractivity contribution >= 4 is 23.5 Å². The molecule has 0 heterocycles. The fraction of sp³-hybridized carbons (Fsp3) is 0.600. The van der Waals surface area contributed by atoms with E-state index < -0.39 is 28.1 Å². The van der Waals surface area contributed by atoms with Crippen LogP contribution in [0.25, 0.3) is 0 Å². The van der Waals surface area contributed by atoms with Crippen LogP contribution in [0.5, 0.6) is 0 Å². The van der Waals surface area contributed by atoms with E-state index in [1.807, 2.05) is 0 Å². The lowest BCUT2D eigenvalue weighted by Gasteiger charge is -2.40. The molecule has 4 nitrogen and oxygen atoms in total. The molecule has 5 heteroatoms. The topological polar surface area (TPSA) is 74.6 Å². The molecule has 3 unspecified atom stereocenters. The molecule has 2 N–H and O–H groups in total. The van der Waals surface area contributed by atoms with E-state index in [9.17, 15) is 9.59 Å². The molecule has 3 atom stereocenters. The lowest BCUT2D eigenvalue weighted by molar-refractivity contribution is -0.154. The summed E-state index contributed by atoms with van der Waals surface area (Å²) in [6.07, 6.45) is 3.29. The van der Waals surface area contributed by atoms with Crippen molar-refractivity contribution in [3.63, 3.8) is 0 Å². The number of hydrogen-bond acceptors (Lipinski definition) is 2. The van der Waals surface area contributed by atoms with E-state index in [1.54, 1.807) is 6.08 Å². The quantitative estimate of drug-likeness (QED) is 0.562. The molecule has 0 aromatic carbocycles.